The first-order chi connectivity index (χ1) is 16.0. The molecule has 7 heteroatoms. The lowest BCUT2D eigenvalue weighted by Crippen LogP contribution is -2.27. The number of rotatable bonds is 10. The number of hydrogen-bond donors (Lipinski definition) is 2. The van der Waals surface area contributed by atoms with Gasteiger partial charge in [0.2, 0.25) is 5.91 Å². The molecule has 3 aromatic rings. The number of furan rings is 1. The summed E-state index contributed by atoms with van der Waals surface area (Å²) in [6, 6.07) is 6.13. The highest BCUT2D eigenvalue weighted by molar-refractivity contribution is 7.17. The van der Waals surface area contributed by atoms with Gasteiger partial charge < -0.3 is 19.8 Å². The first kappa shape index (κ1) is 23.5. The Morgan fingerprint density at radius 1 is 1.24 bits per heavy atom. The van der Waals surface area contributed by atoms with E-state index in [1.807, 2.05) is 13.0 Å². The number of ether oxygens (including phenoxy) is 1. The third-order valence-corrected chi connectivity index (χ3v) is 7.26. The van der Waals surface area contributed by atoms with Crippen LogP contribution in [0.15, 0.2) is 28.9 Å². The molecule has 1 aliphatic carbocycles. The number of benzene rings is 1. The van der Waals surface area contributed by atoms with E-state index in [-0.39, 0.29) is 18.2 Å². The van der Waals surface area contributed by atoms with Crippen molar-refractivity contribution in [3.8, 4) is 0 Å². The fourth-order valence-corrected chi connectivity index (χ4v) is 5.58. The van der Waals surface area contributed by atoms with E-state index < -0.39 is 0 Å². The zero-order valence-corrected chi connectivity index (χ0v) is 20.4. The molecule has 33 heavy (non-hydrogen) atoms. The van der Waals surface area contributed by atoms with Gasteiger partial charge in [-0.2, -0.15) is 0 Å². The molecule has 2 aromatic heterocycles. The second-order valence-corrected chi connectivity index (χ2v) is 9.87. The molecule has 0 radical (unpaired) electrons. The summed E-state index contributed by atoms with van der Waals surface area (Å²) in [4.78, 5) is 27.2. The van der Waals surface area contributed by atoms with E-state index in [1.54, 1.807) is 6.26 Å². The van der Waals surface area contributed by atoms with Gasteiger partial charge in [0.1, 0.15) is 10.6 Å². The Hall–Kier alpha value is -2.64. The normalized spacial score (nSPS) is 13.0. The van der Waals surface area contributed by atoms with Crippen molar-refractivity contribution in [1.29, 1.82) is 0 Å². The summed E-state index contributed by atoms with van der Waals surface area (Å²) in [5.41, 5.74) is 4.58. The highest BCUT2D eigenvalue weighted by Crippen LogP contribution is 2.39. The number of carbonyl (C=O) groups is 2. The van der Waals surface area contributed by atoms with Crippen LogP contribution in [0.5, 0.6) is 0 Å². The van der Waals surface area contributed by atoms with Gasteiger partial charge in [0, 0.05) is 35.6 Å². The van der Waals surface area contributed by atoms with Crippen LogP contribution >= 0.6 is 11.3 Å². The number of carbonyl (C=O) groups excluding carboxylic acids is 2. The van der Waals surface area contributed by atoms with E-state index in [1.165, 1.54) is 21.8 Å². The molecule has 0 spiro atoms. The lowest BCUT2D eigenvalue weighted by molar-refractivity contribution is -0.115. The molecular weight excluding hydrogens is 436 g/mol. The summed E-state index contributed by atoms with van der Waals surface area (Å²) in [5, 5.41) is 7.64. The maximum absolute atomic E-state index is 13.0. The average molecular weight is 469 g/mol. The van der Waals surface area contributed by atoms with Crippen molar-refractivity contribution in [1.82, 2.24) is 5.32 Å². The Morgan fingerprint density at radius 2 is 2.09 bits per heavy atom. The average Bonchev–Trinajstić information content (AvgIpc) is 3.48. The fourth-order valence-electron chi connectivity index (χ4n) is 4.28. The molecule has 2 heterocycles. The molecule has 176 valence electrons. The molecule has 2 N–H and O–H groups in total. The molecular formula is C26H32N2O4S. The number of nitrogens with one attached hydrogen (secondary N) is 2. The monoisotopic (exact) mass is 468 g/mol. The van der Waals surface area contributed by atoms with Crippen LogP contribution in [0.3, 0.4) is 0 Å². The van der Waals surface area contributed by atoms with Gasteiger partial charge in [0.05, 0.1) is 18.2 Å². The lowest BCUT2D eigenvalue weighted by Gasteiger charge is -2.10. The van der Waals surface area contributed by atoms with Gasteiger partial charge in [0.25, 0.3) is 5.91 Å². The van der Waals surface area contributed by atoms with Crippen LogP contribution in [-0.4, -0.2) is 31.6 Å². The molecule has 0 atom stereocenters. The second kappa shape index (κ2) is 10.5. The smallest absolute Gasteiger partial charge is 0.254 e. The predicted octanol–water partition coefficient (Wildman–Crippen LogP) is 5.44. The molecule has 0 fully saturated rings. The van der Waals surface area contributed by atoms with Crippen LogP contribution in [-0.2, 0) is 28.8 Å². The highest BCUT2D eigenvalue weighted by atomic mass is 32.1. The SMILES string of the molecule is CCOCCCNC(=O)c1c(NC(=O)Cc2coc3ccc(C(C)C)cc23)sc2c1CCC2. The number of amides is 2. The van der Waals surface area contributed by atoms with Gasteiger partial charge in [-0.05, 0) is 61.8 Å². The summed E-state index contributed by atoms with van der Waals surface area (Å²) in [6.07, 6.45) is 5.53. The molecule has 1 aromatic carbocycles. The maximum atomic E-state index is 13.0. The molecule has 6 nitrogen and oxygen atoms in total. The molecule has 0 saturated carbocycles. The quantitative estimate of drug-likeness (QED) is 0.388. The largest absolute Gasteiger partial charge is 0.464 e. The van der Waals surface area contributed by atoms with Crippen molar-refractivity contribution in [3.63, 3.8) is 0 Å². The summed E-state index contributed by atoms with van der Waals surface area (Å²) in [6.45, 7) is 8.10. The third-order valence-electron chi connectivity index (χ3n) is 6.05. The fraction of sp³-hybridized carbons (Fsp3) is 0.462. The molecule has 0 aliphatic heterocycles. The van der Waals surface area contributed by atoms with Crippen molar-refractivity contribution < 1.29 is 18.7 Å². The number of fused-ring (bicyclic) bond motifs is 2. The van der Waals surface area contributed by atoms with E-state index in [4.69, 9.17) is 9.15 Å². The summed E-state index contributed by atoms with van der Waals surface area (Å²) in [7, 11) is 0. The Kier molecular flexibility index (Phi) is 7.50. The number of aryl methyl sites for hydroxylation is 1. The van der Waals surface area contributed by atoms with Gasteiger partial charge in [-0.3, -0.25) is 9.59 Å². The van der Waals surface area contributed by atoms with E-state index in [2.05, 4.69) is 36.6 Å². The Morgan fingerprint density at radius 3 is 2.88 bits per heavy atom. The van der Waals surface area contributed by atoms with E-state index in [9.17, 15) is 9.59 Å². The Labute approximate surface area is 198 Å². The van der Waals surface area contributed by atoms with Crippen LogP contribution in [0.4, 0.5) is 5.00 Å². The van der Waals surface area contributed by atoms with Crippen LogP contribution in [0.1, 0.15) is 71.5 Å². The second-order valence-electron chi connectivity index (χ2n) is 8.76. The molecule has 2 amide bonds. The van der Waals surface area contributed by atoms with Gasteiger partial charge in [0.15, 0.2) is 0 Å². The highest BCUT2D eigenvalue weighted by Gasteiger charge is 2.27. The minimum Gasteiger partial charge on any atom is -0.464 e. The van der Waals surface area contributed by atoms with Gasteiger partial charge >= 0.3 is 0 Å². The molecule has 1 aliphatic rings. The summed E-state index contributed by atoms with van der Waals surface area (Å²) < 4.78 is 11.0. The first-order valence-corrected chi connectivity index (χ1v) is 12.6. The Balaban J connectivity index is 1.48. The van der Waals surface area contributed by atoms with E-state index in [0.717, 1.165) is 47.8 Å². The van der Waals surface area contributed by atoms with Crippen molar-refractivity contribution in [2.45, 2.75) is 58.8 Å². The molecule has 4 rings (SSSR count). The minimum atomic E-state index is -0.141. The molecule has 0 unspecified atom stereocenters. The van der Waals surface area contributed by atoms with Gasteiger partial charge in [-0.25, -0.2) is 0 Å². The van der Waals surface area contributed by atoms with Crippen LogP contribution in [0, 0.1) is 0 Å². The third kappa shape index (κ3) is 5.31. The molecule has 0 saturated heterocycles. The van der Waals surface area contributed by atoms with Crippen molar-refractivity contribution >= 4 is 39.1 Å². The first-order valence-electron chi connectivity index (χ1n) is 11.8. The van der Waals surface area contributed by atoms with Crippen LogP contribution < -0.4 is 10.6 Å². The molecule has 0 bridgehead atoms. The van der Waals surface area contributed by atoms with Crippen molar-refractivity contribution in [2.75, 3.05) is 25.1 Å². The summed E-state index contributed by atoms with van der Waals surface area (Å²) in [5.74, 6) is 0.142. The van der Waals surface area contributed by atoms with E-state index in [0.29, 0.717) is 36.2 Å². The Bertz CT molecular complexity index is 1140. The zero-order chi connectivity index (χ0) is 23.4. The van der Waals surface area contributed by atoms with Crippen LogP contribution in [0.2, 0.25) is 0 Å². The zero-order valence-electron chi connectivity index (χ0n) is 19.6. The maximum Gasteiger partial charge on any atom is 0.254 e. The number of anilines is 1. The topological polar surface area (TPSA) is 80.6 Å². The summed E-state index contributed by atoms with van der Waals surface area (Å²) >= 11 is 1.53. The number of hydrogen-bond acceptors (Lipinski definition) is 5. The lowest BCUT2D eigenvalue weighted by atomic mass is 10.00. The van der Waals surface area contributed by atoms with Gasteiger partial charge in [-0.15, -0.1) is 11.3 Å². The van der Waals surface area contributed by atoms with E-state index >= 15 is 0 Å². The van der Waals surface area contributed by atoms with Crippen LogP contribution in [0.25, 0.3) is 11.0 Å². The standard InChI is InChI=1S/C26H32N2O4S/c1-4-31-12-6-11-27-25(30)24-19-7-5-8-22(19)33-26(24)28-23(29)14-18-15-32-21-10-9-17(16(2)3)13-20(18)21/h9-10,13,15-16H,4-8,11-12,14H2,1-3H3,(H,27,30)(H,28,29). The minimum absolute atomic E-state index is 0.114. The van der Waals surface area contributed by atoms with Gasteiger partial charge in [-0.1, -0.05) is 19.9 Å². The van der Waals surface area contributed by atoms with Crippen molar-refractivity contribution in [3.05, 3.63) is 51.6 Å². The number of thiophene rings is 1. The van der Waals surface area contributed by atoms with Crippen molar-refractivity contribution in [2.24, 2.45) is 0 Å². The predicted molar refractivity (Wildman–Crippen MR) is 132 cm³/mol.